The van der Waals surface area contributed by atoms with Gasteiger partial charge in [-0.15, -0.1) is 0 Å². The number of rotatable bonds is 5. The normalized spacial score (nSPS) is 11.4. The molecule has 20 heavy (non-hydrogen) atoms. The summed E-state index contributed by atoms with van der Waals surface area (Å²) in [6, 6.07) is 12.5. The minimum atomic E-state index is -3.09. The van der Waals surface area contributed by atoms with E-state index in [1.54, 1.807) is 36.4 Å². The van der Waals surface area contributed by atoms with Crippen LogP contribution in [0.15, 0.2) is 48.5 Å². The van der Waals surface area contributed by atoms with Crippen molar-refractivity contribution >= 4 is 11.6 Å². The number of hydrogen-bond donors (Lipinski definition) is 1. The Hall–Kier alpha value is -1.65. The summed E-state index contributed by atoms with van der Waals surface area (Å²) < 4.78 is 33.2. The van der Waals surface area contributed by atoms with E-state index in [0.29, 0.717) is 5.56 Å². The van der Waals surface area contributed by atoms with Crippen molar-refractivity contribution in [2.45, 2.75) is 12.5 Å². The number of benzene rings is 2. The average molecular weight is 298 g/mol. The molecular weight excluding hydrogens is 284 g/mol. The van der Waals surface area contributed by atoms with Gasteiger partial charge in [0.05, 0.1) is 5.02 Å². The molecule has 0 aliphatic carbocycles. The number of alkyl halides is 2. The van der Waals surface area contributed by atoms with E-state index in [4.69, 9.17) is 22.1 Å². The summed E-state index contributed by atoms with van der Waals surface area (Å²) in [4.78, 5) is 0. The Balaban J connectivity index is 2.17. The molecule has 0 radical (unpaired) electrons. The fraction of sp³-hybridized carbons (Fsp3) is 0.200. The third-order valence-electron chi connectivity index (χ3n) is 2.86. The standard InChI is InChI=1S/C15H14ClF2NO/c16-13-8-4-5-11(9-19)14(13)20-10-15(17,18)12-6-2-1-3-7-12/h1-8H,9-10,19H2. The van der Waals surface area contributed by atoms with Gasteiger partial charge in [0.15, 0.2) is 6.61 Å². The fourth-order valence-corrected chi connectivity index (χ4v) is 2.05. The molecule has 0 saturated heterocycles. The van der Waals surface area contributed by atoms with Crippen molar-refractivity contribution in [3.63, 3.8) is 0 Å². The Morgan fingerprint density at radius 2 is 1.75 bits per heavy atom. The maximum absolute atomic E-state index is 14.0. The van der Waals surface area contributed by atoms with Crippen LogP contribution >= 0.6 is 11.6 Å². The van der Waals surface area contributed by atoms with Gasteiger partial charge < -0.3 is 10.5 Å². The van der Waals surface area contributed by atoms with Crippen LogP contribution in [-0.2, 0) is 12.5 Å². The SMILES string of the molecule is NCc1cccc(Cl)c1OCC(F)(F)c1ccccc1. The quantitative estimate of drug-likeness (QED) is 0.906. The second kappa shape index (κ2) is 6.20. The largest absolute Gasteiger partial charge is 0.485 e. The topological polar surface area (TPSA) is 35.2 Å². The number of para-hydroxylation sites is 1. The molecule has 0 bridgehead atoms. The first-order valence-electron chi connectivity index (χ1n) is 6.08. The number of hydrogen-bond acceptors (Lipinski definition) is 2. The molecule has 106 valence electrons. The van der Waals surface area contributed by atoms with Crippen molar-refractivity contribution in [1.82, 2.24) is 0 Å². The first-order valence-corrected chi connectivity index (χ1v) is 6.46. The molecular formula is C15H14ClF2NO. The van der Waals surface area contributed by atoms with Crippen LogP contribution in [0.2, 0.25) is 5.02 Å². The smallest absolute Gasteiger partial charge is 0.306 e. The number of ether oxygens (including phenoxy) is 1. The Kier molecular flexibility index (Phi) is 4.57. The van der Waals surface area contributed by atoms with E-state index < -0.39 is 12.5 Å². The summed E-state index contributed by atoms with van der Waals surface area (Å²) in [6.45, 7) is -0.611. The summed E-state index contributed by atoms with van der Waals surface area (Å²) in [6.07, 6.45) is 0. The molecule has 0 spiro atoms. The van der Waals surface area contributed by atoms with Crippen molar-refractivity contribution in [1.29, 1.82) is 0 Å². The zero-order valence-electron chi connectivity index (χ0n) is 10.7. The first-order chi connectivity index (χ1) is 9.54. The van der Waals surface area contributed by atoms with Crippen LogP contribution < -0.4 is 10.5 Å². The highest BCUT2D eigenvalue weighted by Crippen LogP contribution is 2.33. The molecule has 5 heteroatoms. The van der Waals surface area contributed by atoms with Crippen LogP contribution in [-0.4, -0.2) is 6.61 Å². The summed E-state index contributed by atoms with van der Waals surface area (Å²) in [5, 5.41) is 0.275. The van der Waals surface area contributed by atoms with E-state index >= 15 is 0 Å². The predicted octanol–water partition coefficient (Wildman–Crippen LogP) is 3.97. The van der Waals surface area contributed by atoms with Crippen molar-refractivity contribution in [2.24, 2.45) is 5.73 Å². The Bertz CT molecular complexity index is 575. The predicted molar refractivity (Wildman–Crippen MR) is 75.2 cm³/mol. The first kappa shape index (κ1) is 14.8. The molecule has 0 aliphatic heterocycles. The summed E-state index contributed by atoms with van der Waals surface area (Å²) in [5.74, 6) is -2.88. The zero-order chi connectivity index (χ0) is 14.6. The maximum atomic E-state index is 14.0. The van der Waals surface area contributed by atoms with Gasteiger partial charge in [-0.1, -0.05) is 54.1 Å². The van der Waals surface area contributed by atoms with E-state index in [-0.39, 0.29) is 22.9 Å². The lowest BCUT2D eigenvalue weighted by atomic mass is 10.1. The molecule has 2 rings (SSSR count). The Morgan fingerprint density at radius 3 is 2.40 bits per heavy atom. The lowest BCUT2D eigenvalue weighted by Gasteiger charge is -2.19. The second-order valence-electron chi connectivity index (χ2n) is 4.29. The van der Waals surface area contributed by atoms with Crippen molar-refractivity contribution in [2.75, 3.05) is 6.61 Å². The van der Waals surface area contributed by atoms with E-state index in [1.807, 2.05) is 0 Å². The maximum Gasteiger partial charge on any atom is 0.306 e. The lowest BCUT2D eigenvalue weighted by molar-refractivity contribution is -0.0468. The van der Waals surface area contributed by atoms with Gasteiger partial charge in [0, 0.05) is 17.7 Å². The van der Waals surface area contributed by atoms with Gasteiger partial charge in [-0.05, 0) is 6.07 Å². The fourth-order valence-electron chi connectivity index (χ4n) is 1.80. The van der Waals surface area contributed by atoms with Crippen LogP contribution in [0, 0.1) is 0 Å². The minimum Gasteiger partial charge on any atom is -0.485 e. The third-order valence-corrected chi connectivity index (χ3v) is 3.16. The Morgan fingerprint density at radius 1 is 1.05 bits per heavy atom. The van der Waals surface area contributed by atoms with Gasteiger partial charge in [-0.2, -0.15) is 8.78 Å². The van der Waals surface area contributed by atoms with Gasteiger partial charge >= 0.3 is 5.92 Å². The van der Waals surface area contributed by atoms with Gasteiger partial charge in [-0.3, -0.25) is 0 Å². The van der Waals surface area contributed by atoms with E-state index in [0.717, 1.165) is 0 Å². The van der Waals surface area contributed by atoms with Gasteiger partial charge in [-0.25, -0.2) is 0 Å². The van der Waals surface area contributed by atoms with E-state index in [1.165, 1.54) is 12.1 Å². The van der Waals surface area contributed by atoms with Crippen LogP contribution in [0.4, 0.5) is 8.78 Å². The summed E-state index contributed by atoms with van der Waals surface area (Å²) in [5.41, 5.74) is 6.05. The molecule has 0 fully saturated rings. The monoisotopic (exact) mass is 297 g/mol. The molecule has 2 aromatic carbocycles. The van der Waals surface area contributed by atoms with E-state index in [2.05, 4.69) is 0 Å². The van der Waals surface area contributed by atoms with Crippen molar-refractivity contribution in [3.05, 3.63) is 64.7 Å². The van der Waals surface area contributed by atoms with Crippen LogP contribution in [0.5, 0.6) is 5.75 Å². The summed E-state index contributed by atoms with van der Waals surface area (Å²) >= 11 is 5.96. The third kappa shape index (κ3) is 3.26. The number of nitrogens with two attached hydrogens (primary N) is 1. The molecule has 0 aromatic heterocycles. The molecule has 2 nitrogen and oxygen atoms in total. The molecule has 2 aromatic rings. The molecule has 0 amide bonds. The lowest BCUT2D eigenvalue weighted by Crippen LogP contribution is -2.23. The average Bonchev–Trinajstić information content (AvgIpc) is 2.46. The summed E-state index contributed by atoms with van der Waals surface area (Å²) in [7, 11) is 0. The van der Waals surface area contributed by atoms with Gasteiger partial charge in [0.1, 0.15) is 5.75 Å². The number of halogens is 3. The van der Waals surface area contributed by atoms with Crippen molar-refractivity contribution in [3.8, 4) is 5.75 Å². The van der Waals surface area contributed by atoms with Gasteiger partial charge in [0.25, 0.3) is 0 Å². The second-order valence-corrected chi connectivity index (χ2v) is 4.70. The molecule has 0 unspecified atom stereocenters. The van der Waals surface area contributed by atoms with Crippen LogP contribution in [0.1, 0.15) is 11.1 Å². The molecule has 0 atom stereocenters. The molecule has 2 N–H and O–H groups in total. The van der Waals surface area contributed by atoms with Crippen LogP contribution in [0.3, 0.4) is 0 Å². The Labute approximate surface area is 121 Å². The van der Waals surface area contributed by atoms with Crippen LogP contribution in [0.25, 0.3) is 0 Å². The van der Waals surface area contributed by atoms with Gasteiger partial charge in [0.2, 0.25) is 0 Å². The highest BCUT2D eigenvalue weighted by Gasteiger charge is 2.32. The zero-order valence-corrected chi connectivity index (χ0v) is 11.4. The highest BCUT2D eigenvalue weighted by atomic mass is 35.5. The molecule has 0 saturated carbocycles. The van der Waals surface area contributed by atoms with E-state index in [9.17, 15) is 8.78 Å². The molecule has 0 heterocycles. The molecule has 0 aliphatic rings. The minimum absolute atomic E-state index is 0.0960. The highest BCUT2D eigenvalue weighted by molar-refractivity contribution is 6.32. The van der Waals surface area contributed by atoms with Crippen molar-refractivity contribution < 1.29 is 13.5 Å².